The molecular weight excluding hydrogens is 140 g/mol. The Morgan fingerprint density at radius 1 is 1.64 bits per heavy atom. The maximum absolute atomic E-state index is 10.7. The van der Waals surface area contributed by atoms with Gasteiger partial charge in [0.1, 0.15) is 0 Å². The van der Waals surface area contributed by atoms with E-state index in [1.807, 2.05) is 0 Å². The number of carbonyl (C=O) groups is 1. The Bertz CT molecular complexity index is 143. The molecule has 0 aliphatic heterocycles. The van der Waals surface area contributed by atoms with Crippen molar-refractivity contribution >= 4 is 6.03 Å². The minimum Gasteiger partial charge on any atom is -0.341 e. The van der Waals surface area contributed by atoms with Gasteiger partial charge in [-0.15, -0.1) is 0 Å². The van der Waals surface area contributed by atoms with Crippen LogP contribution in [0.15, 0.2) is 0 Å². The van der Waals surface area contributed by atoms with Crippen LogP contribution in [0.25, 0.3) is 0 Å². The zero-order valence-corrected chi connectivity index (χ0v) is 7.18. The molecule has 1 unspecified atom stereocenters. The Balaban J connectivity index is 2.05. The van der Waals surface area contributed by atoms with Gasteiger partial charge in [0.05, 0.1) is 0 Å². The van der Waals surface area contributed by atoms with Crippen molar-refractivity contribution in [2.24, 2.45) is 11.8 Å². The van der Waals surface area contributed by atoms with Gasteiger partial charge in [-0.2, -0.15) is 0 Å². The third-order valence-corrected chi connectivity index (χ3v) is 2.24. The van der Waals surface area contributed by atoms with E-state index in [9.17, 15) is 4.79 Å². The van der Waals surface area contributed by atoms with Gasteiger partial charge in [0.15, 0.2) is 0 Å². The summed E-state index contributed by atoms with van der Waals surface area (Å²) in [6.07, 6.45) is 2.69. The van der Waals surface area contributed by atoms with Crippen molar-refractivity contribution < 1.29 is 4.79 Å². The van der Waals surface area contributed by atoms with Crippen LogP contribution in [0.2, 0.25) is 0 Å². The fourth-order valence-corrected chi connectivity index (χ4v) is 1.17. The monoisotopic (exact) mass is 156 g/mol. The predicted octanol–water partition coefficient (Wildman–Crippen LogP) is 0.961. The molecular formula is C8H16N2O. The lowest BCUT2D eigenvalue weighted by Gasteiger charge is -2.10. The van der Waals surface area contributed by atoms with Crippen LogP contribution < -0.4 is 10.6 Å². The summed E-state index contributed by atoms with van der Waals surface area (Å²) in [5.41, 5.74) is 0. The summed E-state index contributed by atoms with van der Waals surface area (Å²) in [6.45, 7) is 3.00. The van der Waals surface area contributed by atoms with Crippen molar-refractivity contribution in [1.29, 1.82) is 0 Å². The Labute approximate surface area is 67.5 Å². The molecule has 3 nitrogen and oxygen atoms in total. The molecule has 0 radical (unpaired) electrons. The molecule has 0 heterocycles. The van der Waals surface area contributed by atoms with Crippen LogP contribution in [0.3, 0.4) is 0 Å². The zero-order valence-electron chi connectivity index (χ0n) is 7.18. The molecule has 1 saturated carbocycles. The summed E-state index contributed by atoms with van der Waals surface area (Å²) in [5, 5.41) is 5.33. The number of hydrogen-bond acceptors (Lipinski definition) is 1. The first-order valence-corrected chi connectivity index (χ1v) is 4.19. The molecule has 64 valence electrons. The number of carbonyl (C=O) groups excluding carboxylic acids is 1. The molecule has 2 N–H and O–H groups in total. The van der Waals surface area contributed by atoms with Crippen molar-refractivity contribution in [3.8, 4) is 0 Å². The quantitative estimate of drug-likeness (QED) is 0.628. The van der Waals surface area contributed by atoms with Gasteiger partial charge < -0.3 is 10.6 Å². The van der Waals surface area contributed by atoms with E-state index >= 15 is 0 Å². The molecule has 11 heavy (non-hydrogen) atoms. The molecule has 1 atom stereocenters. The molecule has 0 aromatic rings. The third kappa shape index (κ3) is 2.78. The summed E-state index contributed by atoms with van der Waals surface area (Å²) in [5.74, 6) is 1.51. The minimum absolute atomic E-state index is 0.0718. The maximum atomic E-state index is 10.7. The van der Waals surface area contributed by atoms with Crippen LogP contribution >= 0.6 is 0 Å². The molecule has 0 saturated heterocycles. The molecule has 0 aromatic heterocycles. The topological polar surface area (TPSA) is 41.1 Å². The second-order valence-corrected chi connectivity index (χ2v) is 3.27. The van der Waals surface area contributed by atoms with E-state index in [2.05, 4.69) is 17.6 Å². The highest BCUT2D eigenvalue weighted by molar-refractivity contribution is 5.73. The average molecular weight is 156 g/mol. The molecule has 0 aromatic carbocycles. The van der Waals surface area contributed by atoms with Crippen molar-refractivity contribution in [1.82, 2.24) is 10.6 Å². The van der Waals surface area contributed by atoms with Crippen molar-refractivity contribution in [2.75, 3.05) is 13.6 Å². The number of amides is 2. The lowest BCUT2D eigenvalue weighted by Crippen LogP contribution is -2.35. The van der Waals surface area contributed by atoms with Gasteiger partial charge in [-0.3, -0.25) is 0 Å². The Kier molecular flexibility index (Phi) is 2.74. The molecule has 0 bridgehead atoms. The first kappa shape index (κ1) is 8.37. The normalized spacial score (nSPS) is 19.1. The van der Waals surface area contributed by atoms with Gasteiger partial charge >= 0.3 is 6.03 Å². The summed E-state index contributed by atoms with van der Waals surface area (Å²) in [6, 6.07) is -0.0718. The minimum atomic E-state index is -0.0718. The second kappa shape index (κ2) is 3.60. The summed E-state index contributed by atoms with van der Waals surface area (Å²) >= 11 is 0. The fourth-order valence-electron chi connectivity index (χ4n) is 1.17. The predicted molar refractivity (Wildman–Crippen MR) is 44.3 cm³/mol. The molecule has 0 spiro atoms. The lowest BCUT2D eigenvalue weighted by molar-refractivity contribution is 0.240. The van der Waals surface area contributed by atoms with E-state index in [0.717, 1.165) is 12.5 Å². The second-order valence-electron chi connectivity index (χ2n) is 3.27. The van der Waals surface area contributed by atoms with Gasteiger partial charge in [0.25, 0.3) is 0 Å². The summed E-state index contributed by atoms with van der Waals surface area (Å²) < 4.78 is 0. The van der Waals surface area contributed by atoms with Crippen LogP contribution in [0.1, 0.15) is 19.8 Å². The first-order chi connectivity index (χ1) is 5.24. The zero-order chi connectivity index (χ0) is 8.27. The number of hydrogen-bond donors (Lipinski definition) is 2. The summed E-state index contributed by atoms with van der Waals surface area (Å²) in [4.78, 5) is 10.7. The van der Waals surface area contributed by atoms with Gasteiger partial charge in [-0.1, -0.05) is 6.92 Å². The third-order valence-electron chi connectivity index (χ3n) is 2.24. The number of urea groups is 1. The maximum Gasteiger partial charge on any atom is 0.314 e. The van der Waals surface area contributed by atoms with Crippen LogP contribution in [-0.4, -0.2) is 19.6 Å². The van der Waals surface area contributed by atoms with Gasteiger partial charge in [0.2, 0.25) is 0 Å². The van der Waals surface area contributed by atoms with Crippen LogP contribution in [0, 0.1) is 11.8 Å². The molecule has 1 aliphatic rings. The van der Waals surface area contributed by atoms with Crippen LogP contribution in [-0.2, 0) is 0 Å². The smallest absolute Gasteiger partial charge is 0.314 e. The van der Waals surface area contributed by atoms with Gasteiger partial charge in [-0.25, -0.2) is 4.79 Å². The van der Waals surface area contributed by atoms with E-state index in [1.54, 1.807) is 7.05 Å². The average Bonchev–Trinajstić information content (AvgIpc) is 2.81. The van der Waals surface area contributed by atoms with Crippen molar-refractivity contribution in [3.05, 3.63) is 0 Å². The highest BCUT2D eigenvalue weighted by Crippen LogP contribution is 2.35. The van der Waals surface area contributed by atoms with Gasteiger partial charge in [-0.05, 0) is 24.7 Å². The molecule has 3 heteroatoms. The summed E-state index contributed by atoms with van der Waals surface area (Å²) in [7, 11) is 1.64. The van der Waals surface area contributed by atoms with E-state index < -0.39 is 0 Å². The van der Waals surface area contributed by atoms with E-state index in [1.165, 1.54) is 12.8 Å². The highest BCUT2D eigenvalue weighted by Gasteiger charge is 2.27. The Hall–Kier alpha value is -0.730. The molecule has 1 fully saturated rings. The van der Waals surface area contributed by atoms with Gasteiger partial charge in [0, 0.05) is 13.6 Å². The van der Waals surface area contributed by atoms with Crippen molar-refractivity contribution in [2.45, 2.75) is 19.8 Å². The SMILES string of the molecule is CNC(=O)NCC(C)C1CC1. The molecule has 2 amide bonds. The van der Waals surface area contributed by atoms with E-state index in [-0.39, 0.29) is 6.03 Å². The Morgan fingerprint density at radius 2 is 2.27 bits per heavy atom. The molecule has 1 rings (SSSR count). The molecule has 1 aliphatic carbocycles. The lowest BCUT2D eigenvalue weighted by atomic mass is 10.1. The van der Waals surface area contributed by atoms with Crippen LogP contribution in [0.5, 0.6) is 0 Å². The Morgan fingerprint density at radius 3 is 2.73 bits per heavy atom. The van der Waals surface area contributed by atoms with E-state index in [4.69, 9.17) is 0 Å². The largest absolute Gasteiger partial charge is 0.341 e. The highest BCUT2D eigenvalue weighted by atomic mass is 16.2. The number of nitrogens with one attached hydrogen (secondary N) is 2. The fraction of sp³-hybridized carbons (Fsp3) is 0.875. The van der Waals surface area contributed by atoms with Crippen molar-refractivity contribution in [3.63, 3.8) is 0 Å². The van der Waals surface area contributed by atoms with E-state index in [0.29, 0.717) is 5.92 Å². The number of rotatable bonds is 3. The standard InChI is InChI=1S/C8H16N2O/c1-6(7-3-4-7)5-10-8(11)9-2/h6-7H,3-5H2,1-2H3,(H2,9,10,11). The first-order valence-electron chi connectivity index (χ1n) is 4.19. The van der Waals surface area contributed by atoms with Crippen LogP contribution in [0.4, 0.5) is 4.79 Å².